The summed E-state index contributed by atoms with van der Waals surface area (Å²) < 4.78 is 20.9. The number of ether oxygens (including phenoxy) is 1. The van der Waals surface area contributed by atoms with E-state index in [4.69, 9.17) is 4.74 Å². The van der Waals surface area contributed by atoms with Crippen molar-refractivity contribution in [2.24, 2.45) is 7.05 Å². The molecule has 1 N–H and O–H groups in total. The molecule has 1 aliphatic rings. The monoisotopic (exact) mass is 469 g/mol. The van der Waals surface area contributed by atoms with Crippen LogP contribution in [0.1, 0.15) is 30.5 Å². The summed E-state index contributed by atoms with van der Waals surface area (Å²) in [4.78, 5) is 28.4. The van der Waals surface area contributed by atoms with Gasteiger partial charge in [0.1, 0.15) is 11.9 Å². The van der Waals surface area contributed by atoms with Crippen LogP contribution in [0.15, 0.2) is 53.6 Å². The van der Waals surface area contributed by atoms with E-state index >= 15 is 0 Å². The Hall–Kier alpha value is -2.84. The molecule has 0 saturated heterocycles. The molecule has 1 atom stereocenters. The second kappa shape index (κ2) is 10.4. The van der Waals surface area contributed by atoms with E-state index in [0.29, 0.717) is 26.2 Å². The van der Waals surface area contributed by atoms with Crippen molar-refractivity contribution >= 4 is 34.5 Å². The molecule has 0 radical (unpaired) electrons. The van der Waals surface area contributed by atoms with Gasteiger partial charge in [-0.3, -0.25) is 9.59 Å². The highest BCUT2D eigenvalue weighted by Crippen LogP contribution is 2.42. The third-order valence-electron chi connectivity index (χ3n) is 5.81. The van der Waals surface area contributed by atoms with Crippen molar-refractivity contribution in [3.8, 4) is 0 Å². The van der Waals surface area contributed by atoms with Crippen LogP contribution in [0.4, 0.5) is 4.39 Å². The first kappa shape index (κ1) is 23.3. The fraction of sp³-hybridized carbons (Fsp3) is 0.360. The number of carbonyl (C=O) groups is 2. The van der Waals surface area contributed by atoms with E-state index < -0.39 is 6.04 Å². The minimum absolute atomic E-state index is 0.126. The number of hydrogen-bond donors (Lipinski definition) is 1. The second-order valence-electron chi connectivity index (χ2n) is 7.98. The van der Waals surface area contributed by atoms with Gasteiger partial charge in [-0.25, -0.2) is 4.39 Å². The van der Waals surface area contributed by atoms with Crippen molar-refractivity contribution in [1.29, 1.82) is 0 Å². The van der Waals surface area contributed by atoms with Crippen LogP contribution < -0.4 is 5.32 Å². The number of halogens is 1. The van der Waals surface area contributed by atoms with Gasteiger partial charge in [-0.2, -0.15) is 0 Å². The van der Waals surface area contributed by atoms with Crippen LogP contribution in [0.5, 0.6) is 0 Å². The van der Waals surface area contributed by atoms with E-state index in [1.165, 1.54) is 23.9 Å². The Bertz CT molecular complexity index is 1150. The first-order valence-corrected chi connectivity index (χ1v) is 12.1. The molecule has 2 aromatic carbocycles. The van der Waals surface area contributed by atoms with Gasteiger partial charge in [0.15, 0.2) is 0 Å². The summed E-state index contributed by atoms with van der Waals surface area (Å²) in [5.41, 5.74) is 2.63. The van der Waals surface area contributed by atoms with E-state index in [-0.39, 0.29) is 29.9 Å². The predicted molar refractivity (Wildman–Crippen MR) is 127 cm³/mol. The first-order chi connectivity index (χ1) is 16.0. The average Bonchev–Trinajstić information content (AvgIpc) is 3.00. The number of aromatic nitrogens is 1. The van der Waals surface area contributed by atoms with E-state index in [9.17, 15) is 14.0 Å². The molecule has 0 fully saturated rings. The molecule has 33 heavy (non-hydrogen) atoms. The highest BCUT2D eigenvalue weighted by atomic mass is 32.2. The minimum atomic E-state index is -0.786. The summed E-state index contributed by atoms with van der Waals surface area (Å²) in [5, 5.41) is 4.88. The van der Waals surface area contributed by atoms with Gasteiger partial charge in [0.25, 0.3) is 0 Å². The van der Waals surface area contributed by atoms with E-state index in [0.717, 1.165) is 27.1 Å². The molecule has 174 valence electrons. The van der Waals surface area contributed by atoms with Crippen molar-refractivity contribution in [2.45, 2.75) is 31.0 Å². The summed E-state index contributed by atoms with van der Waals surface area (Å²) in [6, 6.07) is 13.2. The lowest BCUT2D eigenvalue weighted by Gasteiger charge is -2.30. The maximum atomic E-state index is 13.6. The van der Waals surface area contributed by atoms with Crippen LogP contribution in [-0.2, 0) is 27.9 Å². The van der Waals surface area contributed by atoms with Gasteiger partial charge in [-0.15, -0.1) is 0 Å². The molecule has 2 heterocycles. The van der Waals surface area contributed by atoms with Crippen LogP contribution in [0.2, 0.25) is 0 Å². The van der Waals surface area contributed by atoms with Crippen LogP contribution >= 0.6 is 11.8 Å². The molecule has 8 heteroatoms. The molecule has 0 spiro atoms. The number of benzene rings is 2. The smallest absolute Gasteiger partial charge is 0.247 e. The quantitative estimate of drug-likeness (QED) is 0.506. The predicted octanol–water partition coefficient (Wildman–Crippen LogP) is 4.04. The Morgan fingerprint density at radius 2 is 1.97 bits per heavy atom. The number of hydrogen-bond acceptors (Lipinski definition) is 4. The van der Waals surface area contributed by atoms with Gasteiger partial charge in [-0.1, -0.05) is 42.1 Å². The molecule has 2 amide bonds. The van der Waals surface area contributed by atoms with Crippen LogP contribution in [0.3, 0.4) is 0 Å². The first-order valence-electron chi connectivity index (χ1n) is 11.1. The third kappa shape index (κ3) is 4.91. The van der Waals surface area contributed by atoms with Gasteiger partial charge in [0.05, 0.1) is 10.8 Å². The molecule has 4 rings (SSSR count). The Balaban J connectivity index is 1.74. The molecular formula is C25H28FN3O3S. The number of nitrogens with one attached hydrogen (secondary N) is 1. The molecule has 1 aromatic heterocycles. The SMILES string of the molecule is CCOCCCNC(=O)C1c2c(n(C)c3ccccc23)SCC(=O)N1Cc1ccc(F)cc1. The third-order valence-corrected chi connectivity index (χ3v) is 6.97. The number of rotatable bonds is 8. The lowest BCUT2D eigenvalue weighted by Crippen LogP contribution is -2.43. The summed E-state index contributed by atoms with van der Waals surface area (Å²) in [5.74, 6) is -0.454. The van der Waals surface area contributed by atoms with Crippen molar-refractivity contribution < 1.29 is 18.7 Å². The molecule has 1 unspecified atom stereocenters. The van der Waals surface area contributed by atoms with Crippen molar-refractivity contribution in [2.75, 3.05) is 25.5 Å². The van der Waals surface area contributed by atoms with Gasteiger partial charge in [0, 0.05) is 49.8 Å². The Morgan fingerprint density at radius 1 is 1.21 bits per heavy atom. The zero-order valence-corrected chi connectivity index (χ0v) is 19.7. The van der Waals surface area contributed by atoms with Crippen molar-refractivity contribution in [1.82, 2.24) is 14.8 Å². The number of amides is 2. The fourth-order valence-electron chi connectivity index (χ4n) is 4.22. The lowest BCUT2D eigenvalue weighted by molar-refractivity contribution is -0.139. The summed E-state index contributed by atoms with van der Waals surface area (Å²) in [6.45, 7) is 3.81. The lowest BCUT2D eigenvalue weighted by atomic mass is 10.0. The Labute approximate surface area is 197 Å². The van der Waals surface area contributed by atoms with Gasteiger partial charge in [-0.05, 0) is 37.1 Å². The molecular weight excluding hydrogens is 441 g/mol. The highest BCUT2D eigenvalue weighted by Gasteiger charge is 2.38. The fourth-order valence-corrected chi connectivity index (χ4v) is 5.31. The molecule has 1 aliphatic heterocycles. The normalized spacial score (nSPS) is 16.0. The average molecular weight is 470 g/mol. The zero-order valence-electron chi connectivity index (χ0n) is 18.8. The van der Waals surface area contributed by atoms with Crippen LogP contribution in [0, 0.1) is 5.82 Å². The van der Waals surface area contributed by atoms with Crippen LogP contribution in [0.25, 0.3) is 10.9 Å². The zero-order chi connectivity index (χ0) is 23.4. The maximum Gasteiger partial charge on any atom is 0.247 e. The van der Waals surface area contributed by atoms with E-state index in [1.807, 2.05) is 38.2 Å². The number of thioether (sulfide) groups is 1. The Morgan fingerprint density at radius 3 is 2.73 bits per heavy atom. The summed E-state index contributed by atoms with van der Waals surface area (Å²) in [7, 11) is 1.96. The van der Waals surface area contributed by atoms with Crippen molar-refractivity contribution in [3.63, 3.8) is 0 Å². The van der Waals surface area contributed by atoms with Crippen LogP contribution in [-0.4, -0.2) is 46.8 Å². The Kier molecular flexibility index (Phi) is 7.35. The number of para-hydroxylation sites is 1. The number of fused-ring (bicyclic) bond motifs is 3. The van der Waals surface area contributed by atoms with Crippen molar-refractivity contribution in [3.05, 3.63) is 65.5 Å². The standard InChI is InChI=1S/C25H28FN3O3S/c1-3-32-14-6-13-27-24(31)23-22-19-7-4-5-8-20(19)28(2)25(22)33-16-21(30)29(23)15-17-9-11-18(26)12-10-17/h4-5,7-12,23H,3,6,13-16H2,1-2H3,(H,27,31). The van der Waals surface area contributed by atoms with Gasteiger partial charge in [0.2, 0.25) is 11.8 Å². The highest BCUT2D eigenvalue weighted by molar-refractivity contribution is 8.00. The topological polar surface area (TPSA) is 63.6 Å². The maximum absolute atomic E-state index is 13.6. The molecule has 3 aromatic rings. The summed E-state index contributed by atoms with van der Waals surface area (Å²) >= 11 is 1.45. The molecule has 0 bridgehead atoms. The molecule has 0 aliphatic carbocycles. The number of aryl methyl sites for hydroxylation is 1. The van der Waals surface area contributed by atoms with Gasteiger partial charge < -0.3 is 19.5 Å². The van der Waals surface area contributed by atoms with Gasteiger partial charge >= 0.3 is 0 Å². The minimum Gasteiger partial charge on any atom is -0.382 e. The van der Waals surface area contributed by atoms with E-state index in [2.05, 4.69) is 9.88 Å². The molecule has 6 nitrogen and oxygen atoms in total. The molecule has 0 saturated carbocycles. The number of nitrogens with zero attached hydrogens (tertiary/aromatic N) is 2. The number of carbonyl (C=O) groups excluding carboxylic acids is 2. The van der Waals surface area contributed by atoms with E-state index in [1.54, 1.807) is 17.0 Å². The largest absolute Gasteiger partial charge is 0.382 e. The second-order valence-corrected chi connectivity index (χ2v) is 8.94. The summed E-state index contributed by atoms with van der Waals surface area (Å²) in [6.07, 6.45) is 0.690.